The Kier molecular flexibility index (Phi) is 4.83. The molecule has 0 N–H and O–H groups in total. The second-order valence-electron chi connectivity index (χ2n) is 4.78. The SMILES string of the molecule is CCN(CC)CCn1c(CCl)nc2c(C)cccc21. The Morgan fingerprint density at radius 2 is 2.00 bits per heavy atom. The molecular weight excluding hydrogens is 258 g/mol. The lowest BCUT2D eigenvalue weighted by Crippen LogP contribution is -2.27. The third-order valence-corrected chi connectivity index (χ3v) is 3.95. The van der Waals surface area contributed by atoms with Crippen molar-refractivity contribution in [2.75, 3.05) is 19.6 Å². The van der Waals surface area contributed by atoms with Gasteiger partial charge in [-0.3, -0.25) is 0 Å². The monoisotopic (exact) mass is 279 g/mol. The van der Waals surface area contributed by atoms with Gasteiger partial charge in [0, 0.05) is 13.1 Å². The molecule has 19 heavy (non-hydrogen) atoms. The van der Waals surface area contributed by atoms with Crippen LogP contribution in [-0.4, -0.2) is 34.1 Å². The molecule has 0 radical (unpaired) electrons. The van der Waals surface area contributed by atoms with E-state index in [2.05, 4.69) is 53.4 Å². The van der Waals surface area contributed by atoms with Crippen LogP contribution in [0.25, 0.3) is 11.0 Å². The molecule has 1 heterocycles. The highest BCUT2D eigenvalue weighted by Crippen LogP contribution is 2.20. The number of benzene rings is 1. The van der Waals surface area contributed by atoms with Gasteiger partial charge >= 0.3 is 0 Å². The van der Waals surface area contributed by atoms with Gasteiger partial charge in [-0.15, -0.1) is 11.6 Å². The molecule has 0 spiro atoms. The molecule has 0 saturated heterocycles. The van der Waals surface area contributed by atoms with Crippen LogP contribution in [0.3, 0.4) is 0 Å². The predicted octanol–water partition coefficient (Wildman–Crippen LogP) is 3.43. The Morgan fingerprint density at radius 1 is 1.26 bits per heavy atom. The number of hydrogen-bond donors (Lipinski definition) is 0. The fraction of sp³-hybridized carbons (Fsp3) is 0.533. The van der Waals surface area contributed by atoms with Crippen LogP contribution < -0.4 is 0 Å². The number of likely N-dealkylation sites (N-methyl/N-ethyl adjacent to an activating group) is 1. The van der Waals surface area contributed by atoms with E-state index in [0.717, 1.165) is 37.5 Å². The number of hydrogen-bond acceptors (Lipinski definition) is 2. The molecule has 2 rings (SSSR count). The summed E-state index contributed by atoms with van der Waals surface area (Å²) < 4.78 is 2.26. The average molecular weight is 280 g/mol. The smallest absolute Gasteiger partial charge is 0.124 e. The Bertz CT molecular complexity index is 544. The number of aromatic nitrogens is 2. The van der Waals surface area contributed by atoms with E-state index >= 15 is 0 Å². The summed E-state index contributed by atoms with van der Waals surface area (Å²) in [4.78, 5) is 7.09. The molecule has 0 fully saturated rings. The Labute approximate surface area is 120 Å². The van der Waals surface area contributed by atoms with Crippen molar-refractivity contribution >= 4 is 22.6 Å². The fourth-order valence-electron chi connectivity index (χ4n) is 2.47. The number of fused-ring (bicyclic) bond motifs is 1. The van der Waals surface area contributed by atoms with E-state index in [1.807, 2.05) is 0 Å². The Balaban J connectivity index is 2.33. The average Bonchev–Trinajstić information content (AvgIpc) is 2.79. The van der Waals surface area contributed by atoms with E-state index in [0.29, 0.717) is 5.88 Å². The summed E-state index contributed by atoms with van der Waals surface area (Å²) in [6.07, 6.45) is 0. The predicted molar refractivity (Wildman–Crippen MR) is 81.8 cm³/mol. The minimum Gasteiger partial charge on any atom is -0.326 e. The molecule has 0 unspecified atom stereocenters. The topological polar surface area (TPSA) is 21.1 Å². The number of nitrogens with zero attached hydrogens (tertiary/aromatic N) is 3. The molecule has 4 heteroatoms. The third-order valence-electron chi connectivity index (χ3n) is 3.71. The van der Waals surface area contributed by atoms with E-state index < -0.39 is 0 Å². The molecule has 0 saturated carbocycles. The normalized spacial score (nSPS) is 11.6. The third kappa shape index (κ3) is 2.93. The van der Waals surface area contributed by atoms with E-state index in [1.54, 1.807) is 0 Å². The van der Waals surface area contributed by atoms with Gasteiger partial charge in [-0.25, -0.2) is 4.98 Å². The van der Waals surface area contributed by atoms with Crippen molar-refractivity contribution in [1.29, 1.82) is 0 Å². The lowest BCUT2D eigenvalue weighted by Gasteiger charge is -2.19. The lowest BCUT2D eigenvalue weighted by molar-refractivity contribution is 0.291. The van der Waals surface area contributed by atoms with Crippen molar-refractivity contribution in [3.8, 4) is 0 Å². The minimum atomic E-state index is 0.465. The molecule has 0 bridgehead atoms. The molecule has 0 atom stereocenters. The van der Waals surface area contributed by atoms with Gasteiger partial charge in [-0.2, -0.15) is 0 Å². The molecule has 0 amide bonds. The first-order chi connectivity index (χ1) is 9.21. The van der Waals surface area contributed by atoms with Crippen molar-refractivity contribution in [2.45, 2.75) is 33.2 Å². The highest BCUT2D eigenvalue weighted by Gasteiger charge is 2.11. The molecule has 104 valence electrons. The van der Waals surface area contributed by atoms with Crippen LogP contribution in [0.2, 0.25) is 0 Å². The number of aryl methyl sites for hydroxylation is 1. The van der Waals surface area contributed by atoms with E-state index in [9.17, 15) is 0 Å². The molecule has 3 nitrogen and oxygen atoms in total. The van der Waals surface area contributed by atoms with Gasteiger partial charge in [0.2, 0.25) is 0 Å². The van der Waals surface area contributed by atoms with Crippen molar-refractivity contribution in [3.05, 3.63) is 29.6 Å². The summed E-state index contributed by atoms with van der Waals surface area (Å²) in [5.74, 6) is 1.44. The maximum atomic E-state index is 6.04. The summed E-state index contributed by atoms with van der Waals surface area (Å²) in [5, 5.41) is 0. The van der Waals surface area contributed by atoms with E-state index in [1.165, 1.54) is 11.1 Å². The van der Waals surface area contributed by atoms with Crippen LogP contribution >= 0.6 is 11.6 Å². The maximum Gasteiger partial charge on any atom is 0.124 e. The van der Waals surface area contributed by atoms with Gasteiger partial charge in [-0.05, 0) is 31.6 Å². The summed E-state index contributed by atoms with van der Waals surface area (Å²) in [7, 11) is 0. The van der Waals surface area contributed by atoms with Gasteiger partial charge < -0.3 is 9.47 Å². The fourth-order valence-corrected chi connectivity index (χ4v) is 2.67. The second kappa shape index (κ2) is 6.40. The Hall–Kier alpha value is -1.06. The highest BCUT2D eigenvalue weighted by molar-refractivity contribution is 6.16. The zero-order chi connectivity index (χ0) is 13.8. The largest absolute Gasteiger partial charge is 0.326 e. The van der Waals surface area contributed by atoms with Crippen LogP contribution in [0.5, 0.6) is 0 Å². The summed E-state index contributed by atoms with van der Waals surface area (Å²) in [6, 6.07) is 6.32. The minimum absolute atomic E-state index is 0.465. The molecule has 0 aliphatic carbocycles. The standard InChI is InChI=1S/C15H22ClN3/c1-4-18(5-2)9-10-19-13-8-6-7-12(3)15(13)17-14(19)11-16/h6-8H,4-5,9-11H2,1-3H3. The number of para-hydroxylation sites is 1. The van der Waals surface area contributed by atoms with Gasteiger partial charge in [0.05, 0.1) is 16.9 Å². The molecule has 1 aromatic heterocycles. The number of rotatable bonds is 6. The van der Waals surface area contributed by atoms with Crippen molar-refractivity contribution in [3.63, 3.8) is 0 Å². The number of imidazole rings is 1. The van der Waals surface area contributed by atoms with Crippen LogP contribution in [0.15, 0.2) is 18.2 Å². The van der Waals surface area contributed by atoms with Crippen molar-refractivity contribution < 1.29 is 0 Å². The number of alkyl halides is 1. The number of halogens is 1. The molecule has 0 aliphatic rings. The van der Waals surface area contributed by atoms with Crippen LogP contribution in [0.4, 0.5) is 0 Å². The van der Waals surface area contributed by atoms with Gasteiger partial charge in [0.25, 0.3) is 0 Å². The summed E-state index contributed by atoms with van der Waals surface area (Å²) in [5.41, 5.74) is 3.49. The van der Waals surface area contributed by atoms with E-state index in [-0.39, 0.29) is 0 Å². The second-order valence-corrected chi connectivity index (χ2v) is 5.05. The van der Waals surface area contributed by atoms with Gasteiger partial charge in [0.15, 0.2) is 0 Å². The molecule has 2 aromatic rings. The first kappa shape index (κ1) is 14.4. The zero-order valence-electron chi connectivity index (χ0n) is 12.0. The maximum absolute atomic E-state index is 6.04. The molecule has 0 aliphatic heterocycles. The lowest BCUT2D eigenvalue weighted by atomic mass is 10.2. The van der Waals surface area contributed by atoms with Gasteiger partial charge in [0.1, 0.15) is 5.82 Å². The highest BCUT2D eigenvalue weighted by atomic mass is 35.5. The van der Waals surface area contributed by atoms with Crippen LogP contribution in [-0.2, 0) is 12.4 Å². The Morgan fingerprint density at radius 3 is 2.63 bits per heavy atom. The van der Waals surface area contributed by atoms with Crippen LogP contribution in [0, 0.1) is 6.92 Å². The van der Waals surface area contributed by atoms with Crippen LogP contribution in [0.1, 0.15) is 25.2 Å². The van der Waals surface area contributed by atoms with Crippen molar-refractivity contribution in [1.82, 2.24) is 14.5 Å². The van der Waals surface area contributed by atoms with Crippen molar-refractivity contribution in [2.24, 2.45) is 0 Å². The summed E-state index contributed by atoms with van der Waals surface area (Å²) >= 11 is 6.04. The first-order valence-corrected chi connectivity index (χ1v) is 7.47. The molecular formula is C15H22ClN3. The quantitative estimate of drug-likeness (QED) is 0.756. The summed E-state index contributed by atoms with van der Waals surface area (Å²) in [6.45, 7) is 10.6. The van der Waals surface area contributed by atoms with Gasteiger partial charge in [-0.1, -0.05) is 26.0 Å². The molecule has 1 aromatic carbocycles. The first-order valence-electron chi connectivity index (χ1n) is 6.94. The zero-order valence-corrected chi connectivity index (χ0v) is 12.7. The van der Waals surface area contributed by atoms with E-state index in [4.69, 9.17) is 11.6 Å².